The topological polar surface area (TPSA) is 73.7 Å². The third-order valence-electron chi connectivity index (χ3n) is 6.77. The quantitative estimate of drug-likeness (QED) is 0.871. The molecule has 3 aliphatic rings. The van der Waals surface area contributed by atoms with Gasteiger partial charge in [-0.15, -0.1) is 0 Å². The second-order valence-corrected chi connectivity index (χ2v) is 8.48. The predicted octanol–water partition coefficient (Wildman–Crippen LogP) is 2.92. The van der Waals surface area contributed by atoms with E-state index in [1.54, 1.807) is 6.92 Å². The molecule has 0 spiro atoms. The van der Waals surface area contributed by atoms with Gasteiger partial charge in [0.1, 0.15) is 11.4 Å². The number of benzene rings is 1. The number of fused-ring (bicyclic) bond motifs is 2. The van der Waals surface area contributed by atoms with Crippen molar-refractivity contribution in [2.45, 2.75) is 32.2 Å². The molecule has 2 aromatic rings. The maximum absolute atomic E-state index is 12.3. The van der Waals surface area contributed by atoms with Crippen LogP contribution >= 0.6 is 0 Å². The number of carboxylic acids is 1. The molecule has 6 heteroatoms. The standard InChI is InChI=1S/C23H25N3O3/c1-14(27)26-12-17-11-25(13-19(17)21(26)15-6-3-2-4-7-15)22-18(23(28)29)10-16-8-5-9-20(16)24-22/h2-4,6-7,10,17,19,21H,5,8-9,11-13H2,1H3,(H,28,29)/t17-,19-,21-/m1/s1. The third kappa shape index (κ3) is 2.98. The summed E-state index contributed by atoms with van der Waals surface area (Å²) in [5.74, 6) is 0.387. The van der Waals surface area contributed by atoms with Crippen molar-refractivity contribution >= 4 is 17.7 Å². The zero-order valence-corrected chi connectivity index (χ0v) is 16.5. The van der Waals surface area contributed by atoms with Gasteiger partial charge in [-0.1, -0.05) is 30.3 Å². The second-order valence-electron chi connectivity index (χ2n) is 8.48. The van der Waals surface area contributed by atoms with E-state index >= 15 is 0 Å². The van der Waals surface area contributed by atoms with Crippen molar-refractivity contribution in [1.29, 1.82) is 0 Å². The molecule has 0 radical (unpaired) electrons. The molecule has 0 unspecified atom stereocenters. The van der Waals surface area contributed by atoms with Crippen LogP contribution in [0.4, 0.5) is 5.82 Å². The summed E-state index contributed by atoms with van der Waals surface area (Å²) in [6, 6.07) is 12.0. The van der Waals surface area contributed by atoms with Crippen molar-refractivity contribution < 1.29 is 14.7 Å². The molecular weight excluding hydrogens is 366 g/mol. The smallest absolute Gasteiger partial charge is 0.339 e. The molecule has 6 nitrogen and oxygen atoms in total. The molecule has 0 bridgehead atoms. The van der Waals surface area contributed by atoms with Crippen LogP contribution in [0.2, 0.25) is 0 Å². The van der Waals surface area contributed by atoms with E-state index in [9.17, 15) is 14.7 Å². The van der Waals surface area contributed by atoms with Crippen LogP contribution in [0, 0.1) is 11.8 Å². The van der Waals surface area contributed by atoms with E-state index in [4.69, 9.17) is 4.98 Å². The Hall–Kier alpha value is -2.89. The molecule has 2 aliphatic heterocycles. The highest BCUT2D eigenvalue weighted by Gasteiger charge is 2.49. The first kappa shape index (κ1) is 18.2. The highest BCUT2D eigenvalue weighted by atomic mass is 16.4. The molecule has 1 amide bonds. The van der Waals surface area contributed by atoms with Crippen molar-refractivity contribution in [3.63, 3.8) is 0 Å². The van der Waals surface area contributed by atoms with E-state index in [1.807, 2.05) is 29.2 Å². The average molecular weight is 391 g/mol. The Balaban J connectivity index is 1.49. The third-order valence-corrected chi connectivity index (χ3v) is 6.77. The fraction of sp³-hybridized carbons (Fsp3) is 0.435. The van der Waals surface area contributed by atoms with E-state index in [1.165, 1.54) is 0 Å². The number of anilines is 1. The number of aromatic nitrogens is 1. The molecule has 3 heterocycles. The van der Waals surface area contributed by atoms with Crippen LogP contribution in [-0.4, -0.2) is 46.5 Å². The average Bonchev–Trinajstić information content (AvgIpc) is 3.40. The highest BCUT2D eigenvalue weighted by molar-refractivity contribution is 5.94. The maximum atomic E-state index is 12.3. The zero-order valence-electron chi connectivity index (χ0n) is 16.5. The lowest BCUT2D eigenvalue weighted by molar-refractivity contribution is -0.130. The number of carbonyl (C=O) groups is 2. The number of aryl methyl sites for hydroxylation is 2. The van der Waals surface area contributed by atoms with Crippen LogP contribution in [0.15, 0.2) is 36.4 Å². The summed E-state index contributed by atoms with van der Waals surface area (Å²) in [7, 11) is 0. The van der Waals surface area contributed by atoms with Crippen LogP contribution in [-0.2, 0) is 17.6 Å². The molecule has 3 atom stereocenters. The highest BCUT2D eigenvalue weighted by Crippen LogP contribution is 2.46. The SMILES string of the molecule is CC(=O)N1C[C@H]2CN(c3nc4c(cc3C(=O)O)CCC4)C[C@H]2[C@H]1c1ccccc1. The van der Waals surface area contributed by atoms with Crippen molar-refractivity contribution in [2.24, 2.45) is 11.8 Å². The van der Waals surface area contributed by atoms with E-state index in [2.05, 4.69) is 17.0 Å². The molecule has 2 fully saturated rings. The first-order chi connectivity index (χ1) is 14.0. The van der Waals surface area contributed by atoms with Gasteiger partial charge in [-0.05, 0) is 36.5 Å². The lowest BCUT2D eigenvalue weighted by atomic mass is 9.89. The van der Waals surface area contributed by atoms with Crippen molar-refractivity contribution in [2.75, 3.05) is 24.5 Å². The van der Waals surface area contributed by atoms with Crippen molar-refractivity contribution in [1.82, 2.24) is 9.88 Å². The first-order valence-corrected chi connectivity index (χ1v) is 10.4. The van der Waals surface area contributed by atoms with E-state index < -0.39 is 5.97 Å². The lowest BCUT2D eigenvalue weighted by Gasteiger charge is -2.30. The minimum absolute atomic E-state index is 0.0337. The molecule has 29 heavy (non-hydrogen) atoms. The summed E-state index contributed by atoms with van der Waals surface area (Å²) >= 11 is 0. The van der Waals surface area contributed by atoms with E-state index in [-0.39, 0.29) is 17.9 Å². The number of likely N-dealkylation sites (tertiary alicyclic amines) is 1. The molecular formula is C23H25N3O3. The number of rotatable bonds is 3. The number of hydrogen-bond acceptors (Lipinski definition) is 4. The van der Waals surface area contributed by atoms with Crippen molar-refractivity contribution in [3.8, 4) is 0 Å². The number of hydrogen-bond donors (Lipinski definition) is 1. The predicted molar refractivity (Wildman–Crippen MR) is 109 cm³/mol. The van der Waals surface area contributed by atoms with Gasteiger partial charge in [-0.3, -0.25) is 4.79 Å². The summed E-state index contributed by atoms with van der Waals surface area (Å²) in [6.07, 6.45) is 2.88. The largest absolute Gasteiger partial charge is 0.478 e. The van der Waals surface area contributed by atoms with Crippen LogP contribution in [0.5, 0.6) is 0 Å². The number of carbonyl (C=O) groups excluding carboxylic acids is 1. The molecule has 1 N–H and O–H groups in total. The Morgan fingerprint density at radius 1 is 1.10 bits per heavy atom. The number of aromatic carboxylic acids is 1. The summed E-state index contributed by atoms with van der Waals surface area (Å²) in [6.45, 7) is 3.81. The monoisotopic (exact) mass is 391 g/mol. The Kier molecular flexibility index (Phi) is 4.30. The van der Waals surface area contributed by atoms with Crippen LogP contribution in [0.1, 0.15) is 46.6 Å². The van der Waals surface area contributed by atoms with Gasteiger partial charge in [0, 0.05) is 44.1 Å². The molecule has 1 aromatic heterocycles. The van der Waals surface area contributed by atoms with Gasteiger partial charge in [0.05, 0.1) is 6.04 Å². The molecule has 2 saturated heterocycles. The summed E-state index contributed by atoms with van der Waals surface area (Å²) in [5.41, 5.74) is 3.59. The zero-order chi connectivity index (χ0) is 20.1. The minimum Gasteiger partial charge on any atom is -0.478 e. The van der Waals surface area contributed by atoms with Gasteiger partial charge in [0.2, 0.25) is 5.91 Å². The van der Waals surface area contributed by atoms with Gasteiger partial charge >= 0.3 is 5.97 Å². The van der Waals surface area contributed by atoms with Crippen molar-refractivity contribution in [3.05, 3.63) is 58.8 Å². The van der Waals surface area contributed by atoms with Gasteiger partial charge in [0.25, 0.3) is 0 Å². The Bertz CT molecular complexity index is 975. The lowest BCUT2D eigenvalue weighted by Crippen LogP contribution is -2.35. The normalized spacial score (nSPS) is 25.2. The van der Waals surface area contributed by atoms with Crippen LogP contribution < -0.4 is 4.90 Å². The Morgan fingerprint density at radius 3 is 2.62 bits per heavy atom. The summed E-state index contributed by atoms with van der Waals surface area (Å²) in [5, 5.41) is 9.79. The van der Waals surface area contributed by atoms with Gasteiger partial charge < -0.3 is 14.9 Å². The van der Waals surface area contributed by atoms with E-state index in [0.717, 1.165) is 49.2 Å². The molecule has 0 saturated carbocycles. The van der Waals surface area contributed by atoms with Crippen LogP contribution in [0.3, 0.4) is 0 Å². The Morgan fingerprint density at radius 2 is 1.90 bits per heavy atom. The van der Waals surface area contributed by atoms with E-state index in [0.29, 0.717) is 23.8 Å². The number of carboxylic acid groups (broad SMARTS) is 1. The number of pyridine rings is 1. The maximum Gasteiger partial charge on any atom is 0.339 e. The minimum atomic E-state index is -0.913. The molecule has 1 aromatic carbocycles. The fourth-order valence-electron chi connectivity index (χ4n) is 5.48. The molecule has 1 aliphatic carbocycles. The fourth-order valence-corrected chi connectivity index (χ4v) is 5.48. The van der Waals surface area contributed by atoms with Gasteiger partial charge in [0.15, 0.2) is 0 Å². The van der Waals surface area contributed by atoms with Gasteiger partial charge in [-0.2, -0.15) is 0 Å². The summed E-state index contributed by atoms with van der Waals surface area (Å²) in [4.78, 5) is 33.2. The first-order valence-electron chi connectivity index (χ1n) is 10.4. The molecule has 5 rings (SSSR count). The molecule has 150 valence electrons. The second kappa shape index (κ2) is 6.87. The summed E-state index contributed by atoms with van der Waals surface area (Å²) < 4.78 is 0. The van der Waals surface area contributed by atoms with Gasteiger partial charge in [-0.25, -0.2) is 9.78 Å². The Labute approximate surface area is 170 Å². The van der Waals surface area contributed by atoms with Crippen LogP contribution in [0.25, 0.3) is 0 Å². The number of amides is 1. The number of nitrogens with zero attached hydrogens (tertiary/aromatic N) is 3.